The summed E-state index contributed by atoms with van der Waals surface area (Å²) in [5, 5.41) is 0. The number of esters is 1. The van der Waals surface area contributed by atoms with Gasteiger partial charge in [-0.25, -0.2) is 4.57 Å². The topological polar surface area (TPSA) is 91.3 Å². The second-order valence-corrected chi connectivity index (χ2v) is 17.2. The van der Waals surface area contributed by atoms with Crippen LogP contribution in [-0.2, 0) is 27.9 Å². The summed E-state index contributed by atoms with van der Waals surface area (Å²) < 4.78 is 34.8. The maximum Gasteiger partial charge on any atom is 0.472 e. The highest BCUT2D eigenvalue weighted by Gasteiger charge is 2.26. The molecule has 1 N–H and O–H groups in total. The van der Waals surface area contributed by atoms with Crippen LogP contribution in [0.2, 0.25) is 0 Å². The maximum absolute atomic E-state index is 12.5. The zero-order valence-corrected chi connectivity index (χ0v) is 34.8. The highest BCUT2D eigenvalue weighted by Crippen LogP contribution is 2.43. The first-order valence-corrected chi connectivity index (χ1v) is 22.8. The molecule has 0 aromatic carbocycles. The molecule has 0 radical (unpaired) electrons. The summed E-state index contributed by atoms with van der Waals surface area (Å²) in [6.45, 7) is 5.60. The molecule has 9 heteroatoms. The maximum atomic E-state index is 12.5. The lowest BCUT2D eigenvalue weighted by Gasteiger charge is -2.24. The number of rotatable bonds is 40. The first-order valence-electron chi connectivity index (χ1n) is 21.3. The lowest BCUT2D eigenvalue weighted by molar-refractivity contribution is -0.870. The predicted octanol–water partition coefficient (Wildman–Crippen LogP) is 12.1. The number of unbranched alkanes of at least 4 members (excludes halogenated alkanes) is 26. The molecule has 0 aliphatic heterocycles. The van der Waals surface area contributed by atoms with E-state index in [-0.39, 0.29) is 25.8 Å². The predicted molar refractivity (Wildman–Crippen MR) is 211 cm³/mol. The molecule has 0 aliphatic rings. The quantitative estimate of drug-likeness (QED) is 0.0290. The van der Waals surface area contributed by atoms with Crippen molar-refractivity contribution in [2.45, 2.75) is 206 Å². The van der Waals surface area contributed by atoms with Gasteiger partial charge in [0.2, 0.25) is 0 Å². The molecular formula is C41H85NO7P+. The number of hydrogen-bond acceptors (Lipinski definition) is 6. The van der Waals surface area contributed by atoms with Gasteiger partial charge >= 0.3 is 13.8 Å². The molecule has 0 bridgehead atoms. The van der Waals surface area contributed by atoms with Crippen molar-refractivity contribution in [1.82, 2.24) is 0 Å². The van der Waals surface area contributed by atoms with Crippen LogP contribution in [0.1, 0.15) is 200 Å². The summed E-state index contributed by atoms with van der Waals surface area (Å²) in [7, 11) is 1.68. The van der Waals surface area contributed by atoms with Crippen LogP contribution in [0, 0.1) is 0 Å². The highest BCUT2D eigenvalue weighted by molar-refractivity contribution is 7.47. The second kappa shape index (κ2) is 35.5. The van der Waals surface area contributed by atoms with Gasteiger partial charge in [0.05, 0.1) is 34.4 Å². The summed E-state index contributed by atoms with van der Waals surface area (Å²) in [6.07, 6.45) is 36.0. The largest absolute Gasteiger partial charge is 0.472 e. The number of phosphoric ester groups is 1. The van der Waals surface area contributed by atoms with Crippen LogP contribution >= 0.6 is 7.82 Å². The average molecular weight is 735 g/mol. The molecule has 2 atom stereocenters. The highest BCUT2D eigenvalue weighted by atomic mass is 31.2. The Labute approximate surface area is 310 Å². The van der Waals surface area contributed by atoms with E-state index in [2.05, 4.69) is 13.8 Å². The van der Waals surface area contributed by atoms with Crippen LogP contribution in [0.15, 0.2) is 0 Å². The molecule has 300 valence electrons. The van der Waals surface area contributed by atoms with Crippen molar-refractivity contribution in [3.63, 3.8) is 0 Å². The van der Waals surface area contributed by atoms with E-state index < -0.39 is 13.9 Å². The number of likely N-dealkylation sites (N-methyl/N-ethyl adjacent to an activating group) is 1. The Hall–Kier alpha value is -0.500. The molecule has 0 aromatic rings. The molecule has 0 fully saturated rings. The van der Waals surface area contributed by atoms with E-state index in [1.165, 1.54) is 148 Å². The first kappa shape index (κ1) is 49.5. The van der Waals surface area contributed by atoms with E-state index in [0.717, 1.165) is 32.1 Å². The number of ether oxygens (including phenoxy) is 2. The lowest BCUT2D eigenvalue weighted by atomic mass is 10.0. The normalized spacial score (nSPS) is 13.8. The van der Waals surface area contributed by atoms with Crippen molar-refractivity contribution in [3.8, 4) is 0 Å². The molecular weight excluding hydrogens is 649 g/mol. The Morgan fingerprint density at radius 1 is 0.540 bits per heavy atom. The van der Waals surface area contributed by atoms with E-state index in [1.807, 2.05) is 21.1 Å². The Morgan fingerprint density at radius 2 is 0.920 bits per heavy atom. The van der Waals surface area contributed by atoms with Crippen molar-refractivity contribution < 1.29 is 37.3 Å². The first-order chi connectivity index (χ1) is 24.1. The van der Waals surface area contributed by atoms with Gasteiger partial charge in [0.25, 0.3) is 0 Å². The van der Waals surface area contributed by atoms with Crippen molar-refractivity contribution in [2.75, 3.05) is 54.1 Å². The minimum Gasteiger partial charge on any atom is -0.457 e. The number of phosphoric acid groups is 1. The van der Waals surface area contributed by atoms with Gasteiger partial charge in [0.15, 0.2) is 0 Å². The zero-order chi connectivity index (χ0) is 37.0. The summed E-state index contributed by atoms with van der Waals surface area (Å²) in [4.78, 5) is 22.6. The third kappa shape index (κ3) is 38.7. The van der Waals surface area contributed by atoms with Gasteiger partial charge in [0.1, 0.15) is 19.3 Å². The van der Waals surface area contributed by atoms with Gasteiger partial charge < -0.3 is 18.9 Å². The third-order valence-corrected chi connectivity index (χ3v) is 10.4. The summed E-state index contributed by atoms with van der Waals surface area (Å²) >= 11 is 0. The molecule has 0 aromatic heterocycles. The summed E-state index contributed by atoms with van der Waals surface area (Å²) in [6, 6.07) is 0. The molecule has 0 saturated heterocycles. The van der Waals surface area contributed by atoms with Gasteiger partial charge in [-0.15, -0.1) is 0 Å². The van der Waals surface area contributed by atoms with E-state index in [4.69, 9.17) is 18.5 Å². The summed E-state index contributed by atoms with van der Waals surface area (Å²) in [5.41, 5.74) is 0. The van der Waals surface area contributed by atoms with Gasteiger partial charge in [-0.3, -0.25) is 13.8 Å². The van der Waals surface area contributed by atoms with Crippen LogP contribution in [0.4, 0.5) is 0 Å². The monoisotopic (exact) mass is 735 g/mol. The molecule has 50 heavy (non-hydrogen) atoms. The Morgan fingerprint density at radius 3 is 1.32 bits per heavy atom. The molecule has 0 aliphatic carbocycles. The van der Waals surface area contributed by atoms with E-state index >= 15 is 0 Å². The standard InChI is InChI=1S/C41H84NO7P/c1-6-8-10-12-14-15-16-17-18-19-20-21-22-23-24-25-26-27-28-29-31-33-36-46-38-40(49-41(43)34-32-30-13-11-9-7-2)39-48-50(44,45)47-37-35-42(3,4)5/h40H,6-39H2,1-5H3/p+1. The molecule has 2 unspecified atom stereocenters. The van der Waals surface area contributed by atoms with Crippen molar-refractivity contribution >= 4 is 13.8 Å². The fourth-order valence-corrected chi connectivity index (χ4v) is 6.82. The van der Waals surface area contributed by atoms with Crippen LogP contribution in [0.5, 0.6) is 0 Å². The van der Waals surface area contributed by atoms with Crippen molar-refractivity contribution in [2.24, 2.45) is 0 Å². The van der Waals surface area contributed by atoms with Crippen LogP contribution in [-0.4, -0.2) is 75.6 Å². The Balaban J connectivity index is 3.94. The second-order valence-electron chi connectivity index (χ2n) is 15.7. The lowest BCUT2D eigenvalue weighted by Crippen LogP contribution is -2.37. The molecule has 0 amide bonds. The molecule has 0 rings (SSSR count). The number of nitrogens with zero attached hydrogens (tertiary/aromatic N) is 1. The van der Waals surface area contributed by atoms with Crippen LogP contribution in [0.3, 0.4) is 0 Å². The number of hydrogen-bond donors (Lipinski definition) is 1. The molecule has 0 spiro atoms. The minimum atomic E-state index is -4.25. The van der Waals surface area contributed by atoms with Crippen molar-refractivity contribution in [1.29, 1.82) is 0 Å². The van der Waals surface area contributed by atoms with Crippen LogP contribution in [0.25, 0.3) is 0 Å². The van der Waals surface area contributed by atoms with E-state index in [9.17, 15) is 14.3 Å². The fourth-order valence-electron chi connectivity index (χ4n) is 6.08. The Bertz CT molecular complexity index is 777. The van der Waals surface area contributed by atoms with Gasteiger partial charge in [-0.1, -0.05) is 181 Å². The molecule has 0 saturated carbocycles. The number of quaternary nitrogens is 1. The third-order valence-electron chi connectivity index (χ3n) is 9.42. The van der Waals surface area contributed by atoms with Crippen molar-refractivity contribution in [3.05, 3.63) is 0 Å². The van der Waals surface area contributed by atoms with Gasteiger partial charge in [-0.05, 0) is 12.8 Å². The van der Waals surface area contributed by atoms with E-state index in [0.29, 0.717) is 24.1 Å². The fraction of sp³-hybridized carbons (Fsp3) is 0.976. The van der Waals surface area contributed by atoms with Gasteiger partial charge in [0, 0.05) is 13.0 Å². The number of carbonyl (C=O) groups excluding carboxylic acids is 1. The number of carbonyl (C=O) groups is 1. The summed E-state index contributed by atoms with van der Waals surface area (Å²) in [5.74, 6) is -0.319. The van der Waals surface area contributed by atoms with Crippen LogP contribution < -0.4 is 0 Å². The zero-order valence-electron chi connectivity index (χ0n) is 33.9. The molecule has 0 heterocycles. The van der Waals surface area contributed by atoms with Gasteiger partial charge in [-0.2, -0.15) is 0 Å². The average Bonchev–Trinajstić information content (AvgIpc) is 3.06. The molecule has 8 nitrogen and oxygen atoms in total. The minimum absolute atomic E-state index is 0.0930. The smallest absolute Gasteiger partial charge is 0.457 e. The Kier molecular flexibility index (Phi) is 35.2. The SMILES string of the molecule is CCCCCCCCCCCCCCCCCCCCCCCCOCC(COP(=O)(O)OCC[N+](C)(C)C)OC(=O)CCCCCCCC. The van der Waals surface area contributed by atoms with E-state index in [1.54, 1.807) is 0 Å².